The Kier molecular flexibility index (Phi) is 5.08. The van der Waals surface area contributed by atoms with E-state index in [1.807, 2.05) is 0 Å². The molecule has 184 valence electrons. The van der Waals surface area contributed by atoms with Crippen LogP contribution in [-0.4, -0.2) is 58.8 Å². The number of likely N-dealkylation sites (tertiary alicyclic amines) is 1. The van der Waals surface area contributed by atoms with Crippen molar-refractivity contribution in [2.75, 3.05) is 26.3 Å². The fraction of sp³-hybridized carbons (Fsp3) is 0.552. The molecule has 1 saturated heterocycles. The van der Waals surface area contributed by atoms with E-state index in [1.165, 1.54) is 47.6 Å². The quantitative estimate of drug-likeness (QED) is 0.538. The van der Waals surface area contributed by atoms with Crippen LogP contribution in [0.2, 0.25) is 0 Å². The lowest BCUT2D eigenvalue weighted by Gasteiger charge is -2.70. The molecule has 6 heteroatoms. The Balaban J connectivity index is 1.19. The van der Waals surface area contributed by atoms with Gasteiger partial charge in [0.15, 0.2) is 0 Å². The van der Waals surface area contributed by atoms with E-state index in [1.54, 1.807) is 6.20 Å². The fourth-order valence-electron chi connectivity index (χ4n) is 7.51. The number of aromatic nitrogens is 1. The van der Waals surface area contributed by atoms with Crippen molar-refractivity contribution >= 4 is 5.57 Å². The maximum atomic E-state index is 15.8. The van der Waals surface area contributed by atoms with Gasteiger partial charge in [-0.1, -0.05) is 24.3 Å². The van der Waals surface area contributed by atoms with Gasteiger partial charge in [0.05, 0.1) is 24.6 Å². The van der Waals surface area contributed by atoms with Crippen LogP contribution in [0.25, 0.3) is 5.57 Å². The van der Waals surface area contributed by atoms with E-state index in [-0.39, 0.29) is 30.2 Å². The Bertz CT molecular complexity index is 1170. The van der Waals surface area contributed by atoms with E-state index < -0.39 is 0 Å². The van der Waals surface area contributed by atoms with Crippen molar-refractivity contribution < 1.29 is 13.5 Å². The minimum atomic E-state index is -0.291. The number of hydrogen-bond acceptors (Lipinski definition) is 4. The second kappa shape index (κ2) is 8.10. The van der Waals surface area contributed by atoms with Gasteiger partial charge in [-0.2, -0.15) is 0 Å². The lowest BCUT2D eigenvalue weighted by molar-refractivity contribution is -0.173. The summed E-state index contributed by atoms with van der Waals surface area (Å²) in [5.41, 5.74) is 6.23. The van der Waals surface area contributed by atoms with Gasteiger partial charge in [-0.25, -0.2) is 4.39 Å². The molecule has 0 unspecified atom stereocenters. The molecule has 6 aliphatic rings. The molecule has 4 aliphatic carbocycles. The average molecular weight is 478 g/mol. The first-order valence-electron chi connectivity index (χ1n) is 13.2. The number of benzene rings is 1. The minimum Gasteiger partial charge on any atom is -0.486 e. The fourth-order valence-corrected chi connectivity index (χ4v) is 7.51. The number of hydrogen-bond donors (Lipinski definition) is 0. The highest BCUT2D eigenvalue weighted by Crippen LogP contribution is 2.65. The summed E-state index contributed by atoms with van der Waals surface area (Å²) in [6.45, 7) is 4.30. The summed E-state index contributed by atoms with van der Waals surface area (Å²) in [7, 11) is 0. The third kappa shape index (κ3) is 3.40. The molecule has 0 N–H and O–H groups in total. The minimum absolute atomic E-state index is 0.0206. The van der Waals surface area contributed by atoms with Gasteiger partial charge in [-0.3, -0.25) is 19.2 Å². The van der Waals surface area contributed by atoms with Gasteiger partial charge in [0.2, 0.25) is 0 Å². The molecule has 2 atom stereocenters. The molecule has 2 bridgehead atoms. The first kappa shape index (κ1) is 21.9. The lowest BCUT2D eigenvalue weighted by atomic mass is 9.48. The molecule has 3 saturated carbocycles. The lowest BCUT2D eigenvalue weighted by Crippen LogP contribution is -2.71. The van der Waals surface area contributed by atoms with Crippen LogP contribution >= 0.6 is 0 Å². The summed E-state index contributed by atoms with van der Waals surface area (Å²) in [5, 5.41) is 0. The summed E-state index contributed by atoms with van der Waals surface area (Å²) in [5.74, 6) is 1.08. The second-order valence-corrected chi connectivity index (χ2v) is 11.5. The van der Waals surface area contributed by atoms with Crippen molar-refractivity contribution in [2.45, 2.75) is 69.2 Å². The molecule has 35 heavy (non-hydrogen) atoms. The average Bonchev–Trinajstić information content (AvgIpc) is 3.12. The Morgan fingerprint density at radius 2 is 1.97 bits per heavy atom. The van der Waals surface area contributed by atoms with Gasteiger partial charge in [0.1, 0.15) is 17.7 Å². The van der Waals surface area contributed by atoms with Crippen molar-refractivity contribution in [1.82, 2.24) is 14.8 Å². The SMILES string of the molecule is C[C@@H]1CC2=C(Cc3ccccc32)[C@@H](c2ncc(OC3CN(CCCF)C3)cc2F)N1C12CC(C1)C2. The van der Waals surface area contributed by atoms with Crippen LogP contribution in [0, 0.1) is 11.7 Å². The molecule has 0 radical (unpaired) electrons. The molecule has 8 rings (SSSR count). The molecule has 0 spiro atoms. The first-order chi connectivity index (χ1) is 17.0. The van der Waals surface area contributed by atoms with E-state index in [2.05, 4.69) is 41.0 Å². The zero-order chi connectivity index (χ0) is 23.7. The number of pyridine rings is 1. The van der Waals surface area contributed by atoms with Crippen molar-refractivity contribution in [2.24, 2.45) is 5.92 Å². The van der Waals surface area contributed by atoms with Crippen molar-refractivity contribution in [3.8, 4) is 5.75 Å². The summed E-state index contributed by atoms with van der Waals surface area (Å²) in [6.07, 6.45) is 7.93. The third-order valence-electron chi connectivity index (χ3n) is 9.19. The molecule has 0 amide bonds. The smallest absolute Gasteiger partial charge is 0.150 e. The highest BCUT2D eigenvalue weighted by molar-refractivity contribution is 5.79. The third-order valence-corrected chi connectivity index (χ3v) is 9.19. The largest absolute Gasteiger partial charge is 0.486 e. The molecule has 2 aromatic rings. The van der Waals surface area contributed by atoms with Crippen molar-refractivity contribution in [1.29, 1.82) is 0 Å². The number of halogens is 2. The highest BCUT2D eigenvalue weighted by Gasteiger charge is 2.63. The number of fused-ring (bicyclic) bond motifs is 2. The van der Waals surface area contributed by atoms with E-state index in [4.69, 9.17) is 9.72 Å². The molecule has 4 nitrogen and oxygen atoms in total. The zero-order valence-electron chi connectivity index (χ0n) is 20.4. The molecular formula is C29H33F2N3O. The van der Waals surface area contributed by atoms with Crippen LogP contribution < -0.4 is 4.74 Å². The van der Waals surface area contributed by atoms with Crippen molar-refractivity contribution in [3.05, 3.63) is 64.7 Å². The predicted molar refractivity (Wildman–Crippen MR) is 131 cm³/mol. The monoisotopic (exact) mass is 477 g/mol. The zero-order valence-corrected chi connectivity index (χ0v) is 20.4. The van der Waals surface area contributed by atoms with Crippen LogP contribution in [0.3, 0.4) is 0 Å². The second-order valence-electron chi connectivity index (χ2n) is 11.5. The summed E-state index contributed by atoms with van der Waals surface area (Å²) >= 11 is 0. The normalized spacial score (nSPS) is 31.9. The number of nitrogens with zero attached hydrogens (tertiary/aromatic N) is 3. The highest BCUT2D eigenvalue weighted by atomic mass is 19.1. The van der Waals surface area contributed by atoms with Crippen LogP contribution in [0.1, 0.15) is 61.9 Å². The Morgan fingerprint density at radius 3 is 2.69 bits per heavy atom. The maximum Gasteiger partial charge on any atom is 0.150 e. The Labute approximate surface area is 206 Å². The van der Waals surface area contributed by atoms with E-state index in [9.17, 15) is 4.39 Å². The van der Waals surface area contributed by atoms with E-state index in [0.29, 0.717) is 23.9 Å². The molecule has 1 aromatic carbocycles. The van der Waals surface area contributed by atoms with Crippen LogP contribution in [0.15, 0.2) is 42.1 Å². The summed E-state index contributed by atoms with van der Waals surface area (Å²) < 4.78 is 34.2. The van der Waals surface area contributed by atoms with Crippen LogP contribution in [0.5, 0.6) is 5.75 Å². The van der Waals surface area contributed by atoms with Gasteiger partial charge < -0.3 is 4.74 Å². The van der Waals surface area contributed by atoms with Gasteiger partial charge in [-0.05, 0) is 73.6 Å². The Morgan fingerprint density at radius 1 is 1.17 bits per heavy atom. The molecule has 4 fully saturated rings. The van der Waals surface area contributed by atoms with E-state index in [0.717, 1.165) is 38.4 Å². The van der Waals surface area contributed by atoms with Gasteiger partial charge in [-0.15, -0.1) is 0 Å². The molecule has 2 aliphatic heterocycles. The number of ether oxygens (including phenoxy) is 1. The molecule has 1 aromatic heterocycles. The van der Waals surface area contributed by atoms with Gasteiger partial charge in [0, 0.05) is 37.3 Å². The standard InChI is InChI=1S/C29H33F2N3O/c1-18-9-24-23-6-3-2-5-20(23)10-25(24)28(34(18)29-12-19(13-29)14-29)27-26(31)11-21(15-32-27)35-22-16-33(17-22)8-4-7-30/h2-3,5-6,11,15,18-19,22,28H,4,7-10,12-14,16-17H2,1H3/t18-,19?,28+,29?/m1/s1. The predicted octanol–water partition coefficient (Wildman–Crippen LogP) is 5.34. The van der Waals surface area contributed by atoms with Crippen LogP contribution in [0.4, 0.5) is 8.78 Å². The topological polar surface area (TPSA) is 28.6 Å². The van der Waals surface area contributed by atoms with Crippen LogP contribution in [-0.2, 0) is 6.42 Å². The first-order valence-corrected chi connectivity index (χ1v) is 13.2. The summed E-state index contributed by atoms with van der Waals surface area (Å²) in [4.78, 5) is 9.54. The van der Waals surface area contributed by atoms with E-state index >= 15 is 4.39 Å². The van der Waals surface area contributed by atoms with Gasteiger partial charge >= 0.3 is 0 Å². The van der Waals surface area contributed by atoms with Gasteiger partial charge in [0.25, 0.3) is 0 Å². The molecule has 3 heterocycles. The van der Waals surface area contributed by atoms with Crippen molar-refractivity contribution in [3.63, 3.8) is 0 Å². The number of alkyl halides is 1. The summed E-state index contributed by atoms with van der Waals surface area (Å²) in [6, 6.07) is 10.5. The maximum absolute atomic E-state index is 15.8. The number of rotatable bonds is 7. The molecular weight excluding hydrogens is 444 g/mol. The Hall–Kier alpha value is -2.31.